The van der Waals surface area contributed by atoms with Crippen molar-refractivity contribution in [1.82, 2.24) is 5.32 Å². The summed E-state index contributed by atoms with van der Waals surface area (Å²) in [5, 5.41) is 2.61. The monoisotopic (exact) mass is 292 g/mol. The fraction of sp³-hybridized carbons (Fsp3) is 0.438. The molecule has 0 bridgehead atoms. The molecule has 4 nitrogen and oxygen atoms in total. The SMILES string of the molecule is CC(C)(C)OC(=O)NCCC#Cc1ccc(F)cc1CN. The molecule has 0 aliphatic rings. The summed E-state index contributed by atoms with van der Waals surface area (Å²) in [6, 6.07) is 4.33. The van der Waals surface area contributed by atoms with Gasteiger partial charge in [0.2, 0.25) is 0 Å². The van der Waals surface area contributed by atoms with E-state index in [1.165, 1.54) is 12.1 Å². The number of hydrogen-bond acceptors (Lipinski definition) is 3. The molecular formula is C16H21FN2O2. The van der Waals surface area contributed by atoms with E-state index in [-0.39, 0.29) is 12.4 Å². The first-order chi connectivity index (χ1) is 9.81. The van der Waals surface area contributed by atoms with Gasteiger partial charge in [0.05, 0.1) is 0 Å². The maximum atomic E-state index is 13.0. The smallest absolute Gasteiger partial charge is 0.407 e. The van der Waals surface area contributed by atoms with Crippen LogP contribution < -0.4 is 11.1 Å². The van der Waals surface area contributed by atoms with Crippen LogP contribution in [0.4, 0.5) is 9.18 Å². The standard InChI is InChI=1S/C16H21FN2O2/c1-16(2,3)21-15(20)19-9-5-4-6-12-7-8-14(17)10-13(12)11-18/h7-8,10H,5,9,11,18H2,1-3H3,(H,19,20). The summed E-state index contributed by atoms with van der Waals surface area (Å²) in [7, 11) is 0. The van der Waals surface area contributed by atoms with Gasteiger partial charge in [-0.2, -0.15) is 0 Å². The second-order valence-electron chi connectivity index (χ2n) is 5.49. The highest BCUT2D eigenvalue weighted by molar-refractivity contribution is 5.67. The van der Waals surface area contributed by atoms with Crippen LogP contribution in [0.5, 0.6) is 0 Å². The van der Waals surface area contributed by atoms with Gasteiger partial charge < -0.3 is 15.8 Å². The lowest BCUT2D eigenvalue weighted by atomic mass is 10.1. The van der Waals surface area contributed by atoms with Crippen molar-refractivity contribution in [3.8, 4) is 11.8 Å². The van der Waals surface area contributed by atoms with Crippen molar-refractivity contribution in [3.05, 3.63) is 35.1 Å². The molecule has 1 aromatic carbocycles. The number of ether oxygens (including phenoxy) is 1. The van der Waals surface area contributed by atoms with Gasteiger partial charge in [0.25, 0.3) is 0 Å². The summed E-state index contributed by atoms with van der Waals surface area (Å²) in [6.45, 7) is 6.03. The van der Waals surface area contributed by atoms with E-state index in [0.29, 0.717) is 24.1 Å². The Morgan fingerprint density at radius 2 is 2.14 bits per heavy atom. The number of carbonyl (C=O) groups excluding carboxylic acids is 1. The summed E-state index contributed by atoms with van der Waals surface area (Å²) in [5.74, 6) is 5.51. The zero-order valence-electron chi connectivity index (χ0n) is 12.6. The predicted octanol–water partition coefficient (Wildman–Crippen LogP) is 2.55. The van der Waals surface area contributed by atoms with Gasteiger partial charge in [0.1, 0.15) is 11.4 Å². The first-order valence-corrected chi connectivity index (χ1v) is 6.76. The van der Waals surface area contributed by atoms with Crippen LogP contribution in [0.2, 0.25) is 0 Å². The lowest BCUT2D eigenvalue weighted by Crippen LogP contribution is -2.32. The van der Waals surface area contributed by atoms with Gasteiger partial charge in [-0.1, -0.05) is 11.8 Å². The van der Waals surface area contributed by atoms with E-state index in [1.807, 2.05) is 0 Å². The average molecular weight is 292 g/mol. The van der Waals surface area contributed by atoms with Crippen molar-refractivity contribution in [2.45, 2.75) is 39.3 Å². The number of halogens is 1. The Morgan fingerprint density at radius 1 is 1.43 bits per heavy atom. The molecular weight excluding hydrogens is 271 g/mol. The van der Waals surface area contributed by atoms with E-state index in [2.05, 4.69) is 17.2 Å². The molecule has 0 heterocycles. The van der Waals surface area contributed by atoms with E-state index in [0.717, 1.165) is 0 Å². The molecule has 114 valence electrons. The molecule has 1 amide bonds. The minimum absolute atomic E-state index is 0.234. The highest BCUT2D eigenvalue weighted by Gasteiger charge is 2.15. The van der Waals surface area contributed by atoms with Crippen molar-refractivity contribution in [2.24, 2.45) is 5.73 Å². The number of benzene rings is 1. The van der Waals surface area contributed by atoms with Gasteiger partial charge >= 0.3 is 6.09 Å². The molecule has 0 spiro atoms. The summed E-state index contributed by atoms with van der Waals surface area (Å²) in [6.07, 6.45) is 0.00871. The Morgan fingerprint density at radius 3 is 2.76 bits per heavy atom. The minimum atomic E-state index is -0.514. The van der Waals surface area contributed by atoms with Crippen molar-refractivity contribution in [1.29, 1.82) is 0 Å². The molecule has 1 rings (SSSR count). The van der Waals surface area contributed by atoms with Gasteiger partial charge in [-0.15, -0.1) is 0 Å². The van der Waals surface area contributed by atoms with Gasteiger partial charge in [0.15, 0.2) is 0 Å². The summed E-state index contributed by atoms with van der Waals surface area (Å²) in [4.78, 5) is 11.4. The van der Waals surface area contributed by atoms with Gasteiger partial charge in [-0.25, -0.2) is 9.18 Å². The lowest BCUT2D eigenvalue weighted by molar-refractivity contribution is 0.0529. The molecule has 0 saturated heterocycles. The second kappa shape index (κ2) is 7.65. The molecule has 0 atom stereocenters. The molecule has 0 aliphatic carbocycles. The van der Waals surface area contributed by atoms with Crippen molar-refractivity contribution in [2.75, 3.05) is 6.54 Å². The number of rotatable bonds is 3. The molecule has 3 N–H and O–H groups in total. The zero-order chi connectivity index (χ0) is 15.9. The van der Waals surface area contributed by atoms with Crippen molar-refractivity contribution in [3.63, 3.8) is 0 Å². The predicted molar refractivity (Wildman–Crippen MR) is 80.0 cm³/mol. The maximum absolute atomic E-state index is 13.0. The van der Waals surface area contributed by atoms with Crippen LogP contribution in [-0.4, -0.2) is 18.2 Å². The maximum Gasteiger partial charge on any atom is 0.407 e. The number of nitrogens with one attached hydrogen (secondary N) is 1. The first-order valence-electron chi connectivity index (χ1n) is 6.76. The zero-order valence-corrected chi connectivity index (χ0v) is 12.6. The molecule has 5 heteroatoms. The van der Waals surface area contributed by atoms with E-state index in [9.17, 15) is 9.18 Å². The molecule has 0 radical (unpaired) electrons. The Hall–Kier alpha value is -2.06. The van der Waals surface area contributed by atoms with E-state index >= 15 is 0 Å². The first kappa shape index (κ1) is 17.0. The number of carbonyl (C=O) groups is 1. The average Bonchev–Trinajstić information content (AvgIpc) is 2.37. The Labute approximate surface area is 124 Å². The number of nitrogens with two attached hydrogens (primary N) is 1. The number of alkyl carbamates (subject to hydrolysis) is 1. The molecule has 21 heavy (non-hydrogen) atoms. The Bertz CT molecular complexity index is 554. The van der Waals surface area contributed by atoms with E-state index < -0.39 is 11.7 Å². The quantitative estimate of drug-likeness (QED) is 0.664. The number of hydrogen-bond donors (Lipinski definition) is 2. The van der Waals surface area contributed by atoms with Crippen LogP contribution in [-0.2, 0) is 11.3 Å². The van der Waals surface area contributed by atoms with Gasteiger partial charge in [0, 0.05) is 25.1 Å². The van der Waals surface area contributed by atoms with Crippen molar-refractivity contribution < 1.29 is 13.9 Å². The van der Waals surface area contributed by atoms with E-state index in [4.69, 9.17) is 10.5 Å². The van der Waals surface area contributed by atoms with Crippen LogP contribution in [0.3, 0.4) is 0 Å². The summed E-state index contributed by atoms with van der Waals surface area (Å²) < 4.78 is 18.1. The van der Waals surface area contributed by atoms with Crippen molar-refractivity contribution >= 4 is 6.09 Å². The van der Waals surface area contributed by atoms with Crippen LogP contribution >= 0.6 is 0 Å². The number of amides is 1. The summed E-state index contributed by atoms with van der Waals surface area (Å²) >= 11 is 0. The topological polar surface area (TPSA) is 64.3 Å². The van der Waals surface area contributed by atoms with Crippen LogP contribution in [0.1, 0.15) is 38.3 Å². The largest absolute Gasteiger partial charge is 0.444 e. The molecule has 0 fully saturated rings. The fourth-order valence-corrected chi connectivity index (χ4v) is 1.55. The fourth-order valence-electron chi connectivity index (χ4n) is 1.55. The molecule has 0 unspecified atom stereocenters. The highest BCUT2D eigenvalue weighted by atomic mass is 19.1. The molecule has 0 aliphatic heterocycles. The Balaban J connectivity index is 2.45. The van der Waals surface area contributed by atoms with E-state index in [1.54, 1.807) is 26.8 Å². The van der Waals surface area contributed by atoms with Gasteiger partial charge in [-0.05, 0) is 44.5 Å². The van der Waals surface area contributed by atoms with Crippen LogP contribution in [0, 0.1) is 17.7 Å². The molecule has 0 aromatic heterocycles. The van der Waals surface area contributed by atoms with Crippen LogP contribution in [0.25, 0.3) is 0 Å². The normalized spacial score (nSPS) is 10.5. The van der Waals surface area contributed by atoms with Gasteiger partial charge in [-0.3, -0.25) is 0 Å². The summed E-state index contributed by atoms with van der Waals surface area (Å²) in [5.41, 5.74) is 6.40. The molecule has 0 saturated carbocycles. The van der Waals surface area contributed by atoms with Crippen LogP contribution in [0.15, 0.2) is 18.2 Å². The third-order valence-corrected chi connectivity index (χ3v) is 2.43. The second-order valence-corrected chi connectivity index (χ2v) is 5.49. The Kier molecular flexibility index (Phi) is 6.19. The third kappa shape index (κ3) is 6.77. The lowest BCUT2D eigenvalue weighted by Gasteiger charge is -2.19. The molecule has 1 aromatic rings. The third-order valence-electron chi connectivity index (χ3n) is 2.43. The minimum Gasteiger partial charge on any atom is -0.444 e. The highest BCUT2D eigenvalue weighted by Crippen LogP contribution is 2.09.